The average Bonchev–Trinajstić information content (AvgIpc) is 3.06. The Balaban J connectivity index is 1.34. The number of ether oxygens (including phenoxy) is 5. The predicted molar refractivity (Wildman–Crippen MR) is 170 cm³/mol. The van der Waals surface area contributed by atoms with Crippen LogP contribution in [0.25, 0.3) is 11.8 Å². The zero-order valence-corrected chi connectivity index (χ0v) is 26.7. The van der Waals surface area contributed by atoms with Gasteiger partial charge >= 0.3 is 5.97 Å². The van der Waals surface area contributed by atoms with E-state index in [1.54, 1.807) is 37.5 Å². The number of carbonyl (C=O) groups is 1. The van der Waals surface area contributed by atoms with Crippen LogP contribution in [0, 0.1) is 23.7 Å². The van der Waals surface area contributed by atoms with Crippen LogP contribution in [0.4, 0.5) is 0 Å². The van der Waals surface area contributed by atoms with Crippen LogP contribution in [0.5, 0.6) is 11.5 Å². The Bertz CT molecular complexity index is 1350. The molecule has 2 aromatic carbocycles. The van der Waals surface area contributed by atoms with Crippen molar-refractivity contribution >= 4 is 17.8 Å². The Labute approximate surface area is 270 Å². The second-order valence-electron chi connectivity index (χ2n) is 12.7. The molecule has 0 aromatic heterocycles. The first-order valence-electron chi connectivity index (χ1n) is 16.0. The maximum absolute atomic E-state index is 11.9. The second-order valence-corrected chi connectivity index (χ2v) is 12.7. The molecular weight excluding hydrogens is 592 g/mol. The summed E-state index contributed by atoms with van der Waals surface area (Å²) in [7, 11) is 3.08. The summed E-state index contributed by atoms with van der Waals surface area (Å²) < 4.78 is 28.5. The molecule has 10 heteroatoms. The van der Waals surface area contributed by atoms with E-state index in [0.29, 0.717) is 28.9 Å². The van der Waals surface area contributed by atoms with Crippen molar-refractivity contribution in [2.24, 2.45) is 23.7 Å². The van der Waals surface area contributed by atoms with Gasteiger partial charge in [-0.15, -0.1) is 0 Å². The summed E-state index contributed by atoms with van der Waals surface area (Å²) >= 11 is 0. The van der Waals surface area contributed by atoms with Gasteiger partial charge in [-0.2, -0.15) is 0 Å². The molecular formula is C36H46O10. The first-order valence-corrected chi connectivity index (χ1v) is 16.0. The summed E-state index contributed by atoms with van der Waals surface area (Å²) in [5.74, 6) is 4.22. The number of aliphatic hydroxyl groups excluding tert-OH is 4. The summed E-state index contributed by atoms with van der Waals surface area (Å²) in [6.45, 7) is 0.531. The van der Waals surface area contributed by atoms with Crippen LogP contribution < -0.4 is 9.47 Å². The van der Waals surface area contributed by atoms with Gasteiger partial charge in [0, 0.05) is 17.2 Å². The molecule has 10 nitrogen and oxygen atoms in total. The van der Waals surface area contributed by atoms with Gasteiger partial charge in [0.05, 0.1) is 33.5 Å². The Hall–Kier alpha value is -3.41. The van der Waals surface area contributed by atoms with Crippen LogP contribution in [-0.4, -0.2) is 78.4 Å². The lowest BCUT2D eigenvalue weighted by molar-refractivity contribution is -0.205. The smallest absolute Gasteiger partial charge is 0.330 e. The highest BCUT2D eigenvalue weighted by Gasteiger charge is 2.46. The minimum Gasteiger partial charge on any atom is -0.496 e. The predicted octanol–water partition coefficient (Wildman–Crippen LogP) is 4.08. The monoisotopic (exact) mass is 638 g/mol. The van der Waals surface area contributed by atoms with Crippen LogP contribution in [0.2, 0.25) is 0 Å². The molecule has 4 bridgehead atoms. The lowest BCUT2D eigenvalue weighted by Crippen LogP contribution is -2.43. The highest BCUT2D eigenvalue weighted by molar-refractivity contribution is 5.87. The van der Waals surface area contributed by atoms with Crippen molar-refractivity contribution in [3.63, 3.8) is 0 Å². The van der Waals surface area contributed by atoms with Gasteiger partial charge in [-0.05, 0) is 98.1 Å². The number of carbonyl (C=O) groups excluding carboxylic acids is 1. The van der Waals surface area contributed by atoms with Gasteiger partial charge in [-0.25, -0.2) is 4.79 Å². The first kappa shape index (κ1) is 33.9. The van der Waals surface area contributed by atoms with Crippen LogP contribution in [-0.2, 0) is 25.6 Å². The zero-order valence-electron chi connectivity index (χ0n) is 26.7. The van der Waals surface area contributed by atoms with Crippen molar-refractivity contribution in [3.05, 3.63) is 70.8 Å². The summed E-state index contributed by atoms with van der Waals surface area (Å²) in [4.78, 5) is 11.9. The Kier molecular flexibility index (Phi) is 11.4. The van der Waals surface area contributed by atoms with Crippen LogP contribution in [0.3, 0.4) is 0 Å². The number of rotatable bonds is 15. The summed E-state index contributed by atoms with van der Waals surface area (Å²) in [5.41, 5.74) is 3.94. The number of hydrogen-bond acceptors (Lipinski definition) is 10. The molecule has 46 heavy (non-hydrogen) atoms. The molecule has 0 aliphatic heterocycles. The molecule has 4 fully saturated rings. The third-order valence-electron chi connectivity index (χ3n) is 9.46. The number of esters is 1. The number of hydrogen-bond donors (Lipinski definition) is 4. The van der Waals surface area contributed by atoms with Crippen molar-refractivity contribution < 1.29 is 48.9 Å². The molecule has 4 N–H and O–H groups in total. The Morgan fingerprint density at radius 1 is 0.913 bits per heavy atom. The van der Waals surface area contributed by atoms with Gasteiger partial charge in [-0.1, -0.05) is 24.3 Å². The van der Waals surface area contributed by atoms with E-state index in [1.807, 2.05) is 18.2 Å². The zero-order chi connectivity index (χ0) is 32.8. The van der Waals surface area contributed by atoms with E-state index >= 15 is 0 Å². The molecule has 4 saturated carbocycles. The minimum absolute atomic E-state index is 0.212. The standard InChI is InChI=1S/C36H46O10/c1-21(39)32(19-38)46-36(30(40)18-37)45-29-9-4-22(5-10-29)20-44-31-17-26(7-6-25(31)8-11-33(41)42-2)35(43-3)34-27-13-23-12-24(15-27)16-28(34)14-23/h4-11,17,21,23-24,27-28,30,32,36-40H,12-16,18-20H2,1-3H3/b11-8+,35-34?/t21-,23?,24?,27?,28?,30+,32?,36?/m1/s1. The number of aliphatic hydroxyl groups is 4. The fraction of sp³-hybridized carbons (Fsp3) is 0.528. The van der Waals surface area contributed by atoms with Crippen molar-refractivity contribution in [2.45, 2.75) is 70.2 Å². The van der Waals surface area contributed by atoms with E-state index in [9.17, 15) is 25.2 Å². The Morgan fingerprint density at radius 3 is 2.15 bits per heavy atom. The fourth-order valence-corrected chi connectivity index (χ4v) is 7.35. The van der Waals surface area contributed by atoms with Gasteiger partial charge in [0.25, 0.3) is 0 Å². The number of methoxy groups -OCH3 is 2. The van der Waals surface area contributed by atoms with Crippen molar-refractivity contribution in [1.82, 2.24) is 0 Å². The summed E-state index contributed by atoms with van der Waals surface area (Å²) in [6.07, 6.45) is 4.64. The van der Waals surface area contributed by atoms with Gasteiger partial charge in [0.1, 0.15) is 36.1 Å². The van der Waals surface area contributed by atoms with Crippen molar-refractivity contribution in [1.29, 1.82) is 0 Å². The SMILES string of the molecule is COC(=O)/C=C/c1ccc(C(OC)=C2C3CC4CC(C3)CC2C4)cc1OCc1ccc(OC(OC(CO)[C@@H](C)O)[C@@H](O)CO)cc1. The molecule has 0 saturated heterocycles. The molecule has 6 rings (SSSR count). The lowest BCUT2D eigenvalue weighted by Gasteiger charge is -2.51. The van der Waals surface area contributed by atoms with E-state index in [2.05, 4.69) is 0 Å². The van der Waals surface area contributed by atoms with Crippen LogP contribution in [0.15, 0.2) is 54.1 Å². The first-order chi connectivity index (χ1) is 22.2. The van der Waals surface area contributed by atoms with Gasteiger partial charge < -0.3 is 44.1 Å². The number of benzene rings is 2. The highest BCUT2D eigenvalue weighted by atomic mass is 16.7. The van der Waals surface area contributed by atoms with Gasteiger partial charge in [0.2, 0.25) is 6.29 Å². The fourth-order valence-electron chi connectivity index (χ4n) is 7.35. The normalized spacial score (nSPS) is 24.4. The van der Waals surface area contributed by atoms with E-state index in [1.165, 1.54) is 57.8 Å². The Morgan fingerprint density at radius 2 is 1.59 bits per heavy atom. The molecule has 250 valence electrons. The van der Waals surface area contributed by atoms with Crippen LogP contribution >= 0.6 is 0 Å². The maximum atomic E-state index is 11.9. The molecule has 0 amide bonds. The number of allylic oxidation sites excluding steroid dienone is 1. The molecule has 2 unspecified atom stereocenters. The molecule has 4 atom stereocenters. The summed E-state index contributed by atoms with van der Waals surface area (Å²) in [5, 5.41) is 38.9. The topological polar surface area (TPSA) is 144 Å². The highest BCUT2D eigenvalue weighted by Crippen LogP contribution is 2.58. The van der Waals surface area contributed by atoms with E-state index in [4.69, 9.17) is 23.7 Å². The van der Waals surface area contributed by atoms with Gasteiger partial charge in [0.15, 0.2) is 0 Å². The van der Waals surface area contributed by atoms with Crippen LogP contribution in [0.1, 0.15) is 55.7 Å². The largest absolute Gasteiger partial charge is 0.496 e. The minimum atomic E-state index is -1.40. The summed E-state index contributed by atoms with van der Waals surface area (Å²) in [6, 6.07) is 12.8. The average molecular weight is 639 g/mol. The maximum Gasteiger partial charge on any atom is 0.330 e. The molecule has 0 heterocycles. The quantitative estimate of drug-likeness (QED) is 0.0975. The van der Waals surface area contributed by atoms with Crippen molar-refractivity contribution in [2.75, 3.05) is 27.4 Å². The second kappa shape index (κ2) is 15.5. The third-order valence-corrected chi connectivity index (χ3v) is 9.46. The molecule has 4 aliphatic rings. The van der Waals surface area contributed by atoms with E-state index in [-0.39, 0.29) is 6.61 Å². The third kappa shape index (κ3) is 7.93. The van der Waals surface area contributed by atoms with Gasteiger partial charge in [-0.3, -0.25) is 0 Å². The molecule has 4 aliphatic carbocycles. The molecule has 0 spiro atoms. The van der Waals surface area contributed by atoms with E-state index < -0.39 is 43.8 Å². The molecule has 0 radical (unpaired) electrons. The lowest BCUT2D eigenvalue weighted by atomic mass is 9.54. The van der Waals surface area contributed by atoms with Crippen molar-refractivity contribution in [3.8, 4) is 11.5 Å². The molecule has 2 aromatic rings. The van der Waals surface area contributed by atoms with E-state index in [0.717, 1.165) is 28.7 Å².